The molecule has 2 aliphatic carbocycles. The molecular weight excluding hydrogens is 420 g/mol. The van der Waals surface area contributed by atoms with Gasteiger partial charge in [0.1, 0.15) is 6.61 Å². The predicted molar refractivity (Wildman–Crippen MR) is 124 cm³/mol. The Morgan fingerprint density at radius 3 is 2.24 bits per heavy atom. The van der Waals surface area contributed by atoms with Gasteiger partial charge in [-0.15, -0.1) is 0 Å². The van der Waals surface area contributed by atoms with E-state index >= 15 is 0 Å². The number of fused-ring (bicyclic) bond motifs is 3. The van der Waals surface area contributed by atoms with Crippen molar-refractivity contribution in [3.05, 3.63) is 59.7 Å². The number of alkyl carbamates (subject to hydrolysis) is 1. The molecule has 0 heterocycles. The number of carboxylic acids is 1. The lowest BCUT2D eigenvalue weighted by molar-refractivity contribution is -0.138. The van der Waals surface area contributed by atoms with E-state index in [0.717, 1.165) is 11.1 Å². The van der Waals surface area contributed by atoms with Gasteiger partial charge in [-0.25, -0.2) is 4.79 Å². The maximum absolute atomic E-state index is 12.5. The van der Waals surface area contributed by atoms with E-state index in [1.807, 2.05) is 38.1 Å². The van der Waals surface area contributed by atoms with Crippen molar-refractivity contribution >= 4 is 18.0 Å². The van der Waals surface area contributed by atoms with Crippen molar-refractivity contribution in [2.75, 3.05) is 13.2 Å². The van der Waals surface area contributed by atoms with Gasteiger partial charge in [-0.3, -0.25) is 9.59 Å². The van der Waals surface area contributed by atoms with Gasteiger partial charge in [0.2, 0.25) is 5.91 Å². The van der Waals surface area contributed by atoms with Crippen molar-refractivity contribution in [3.8, 4) is 11.1 Å². The number of hydrogen-bond acceptors (Lipinski definition) is 4. The molecule has 0 saturated heterocycles. The van der Waals surface area contributed by atoms with Gasteiger partial charge < -0.3 is 20.5 Å². The van der Waals surface area contributed by atoms with Crippen LogP contribution in [-0.4, -0.2) is 41.8 Å². The Labute approximate surface area is 193 Å². The van der Waals surface area contributed by atoms with Crippen LogP contribution in [0.25, 0.3) is 11.1 Å². The Morgan fingerprint density at radius 1 is 1.03 bits per heavy atom. The van der Waals surface area contributed by atoms with Crippen molar-refractivity contribution in [1.29, 1.82) is 0 Å². The Morgan fingerprint density at radius 2 is 1.64 bits per heavy atom. The van der Waals surface area contributed by atoms with Gasteiger partial charge in [0.05, 0.1) is 0 Å². The molecule has 0 bridgehead atoms. The van der Waals surface area contributed by atoms with Crippen molar-refractivity contribution in [2.45, 2.75) is 44.6 Å². The van der Waals surface area contributed by atoms with E-state index < -0.39 is 17.6 Å². The predicted octanol–water partition coefficient (Wildman–Crippen LogP) is 3.92. The van der Waals surface area contributed by atoms with Crippen LogP contribution in [0.3, 0.4) is 0 Å². The zero-order chi connectivity index (χ0) is 23.6. The van der Waals surface area contributed by atoms with Crippen LogP contribution in [0.5, 0.6) is 0 Å². The minimum absolute atomic E-state index is 0.00468. The molecule has 0 aromatic heterocycles. The summed E-state index contributed by atoms with van der Waals surface area (Å²) < 4.78 is 5.54. The highest BCUT2D eigenvalue weighted by Gasteiger charge is 2.44. The molecular formula is C26H30N2O5. The number of carboxylic acid groups (broad SMARTS) is 1. The monoisotopic (exact) mass is 450 g/mol. The third-order valence-electron chi connectivity index (χ3n) is 6.54. The van der Waals surface area contributed by atoms with E-state index in [9.17, 15) is 14.4 Å². The van der Waals surface area contributed by atoms with E-state index in [0.29, 0.717) is 19.4 Å². The lowest BCUT2D eigenvalue weighted by atomic mass is 9.98. The highest BCUT2D eigenvalue weighted by Crippen LogP contribution is 2.44. The highest BCUT2D eigenvalue weighted by molar-refractivity contribution is 5.82. The van der Waals surface area contributed by atoms with Gasteiger partial charge in [0, 0.05) is 30.3 Å². The molecule has 7 heteroatoms. The molecule has 0 aliphatic heterocycles. The molecule has 2 atom stereocenters. The molecule has 1 saturated carbocycles. The maximum atomic E-state index is 12.5. The maximum Gasteiger partial charge on any atom is 0.407 e. The molecule has 1 fully saturated rings. The van der Waals surface area contributed by atoms with E-state index in [4.69, 9.17) is 9.84 Å². The third-order valence-corrected chi connectivity index (χ3v) is 6.54. The van der Waals surface area contributed by atoms with Crippen LogP contribution in [-0.2, 0) is 14.3 Å². The first-order chi connectivity index (χ1) is 15.7. The fraction of sp³-hybridized carbons (Fsp3) is 0.423. The van der Waals surface area contributed by atoms with Gasteiger partial charge in [-0.2, -0.15) is 0 Å². The van der Waals surface area contributed by atoms with Crippen molar-refractivity contribution in [3.63, 3.8) is 0 Å². The van der Waals surface area contributed by atoms with Crippen LogP contribution in [0.15, 0.2) is 48.5 Å². The van der Waals surface area contributed by atoms with Crippen molar-refractivity contribution in [1.82, 2.24) is 10.6 Å². The fourth-order valence-electron chi connectivity index (χ4n) is 4.57. The molecule has 2 aromatic rings. The molecule has 33 heavy (non-hydrogen) atoms. The Balaban J connectivity index is 1.23. The van der Waals surface area contributed by atoms with Crippen LogP contribution in [0.4, 0.5) is 4.79 Å². The van der Waals surface area contributed by atoms with E-state index in [1.54, 1.807) is 0 Å². The van der Waals surface area contributed by atoms with E-state index in [-0.39, 0.29) is 36.7 Å². The largest absolute Gasteiger partial charge is 0.481 e. The second kappa shape index (κ2) is 9.25. The second-order valence-electron chi connectivity index (χ2n) is 9.58. The molecule has 174 valence electrons. The summed E-state index contributed by atoms with van der Waals surface area (Å²) in [7, 11) is 0. The highest BCUT2D eigenvalue weighted by atomic mass is 16.5. The van der Waals surface area contributed by atoms with E-state index in [1.165, 1.54) is 11.1 Å². The average Bonchev–Trinajstić information content (AvgIpc) is 3.50. The van der Waals surface area contributed by atoms with Crippen LogP contribution in [0, 0.1) is 11.8 Å². The molecule has 2 aromatic carbocycles. The summed E-state index contributed by atoms with van der Waals surface area (Å²) in [5.41, 5.74) is 4.11. The summed E-state index contributed by atoms with van der Waals surface area (Å²) in [6.07, 6.45) is 0.586. The number of ether oxygens (including phenoxy) is 1. The zero-order valence-electron chi connectivity index (χ0n) is 19.0. The molecule has 0 unspecified atom stereocenters. The molecule has 3 N–H and O–H groups in total. The summed E-state index contributed by atoms with van der Waals surface area (Å²) in [5.74, 6) is -1.06. The summed E-state index contributed by atoms with van der Waals surface area (Å²) in [4.78, 5) is 35.5. The first-order valence-electron chi connectivity index (χ1n) is 11.4. The average molecular weight is 451 g/mol. The van der Waals surface area contributed by atoms with Gasteiger partial charge in [0.15, 0.2) is 0 Å². The molecule has 4 rings (SSSR count). The van der Waals surface area contributed by atoms with Gasteiger partial charge >= 0.3 is 12.1 Å². The SMILES string of the molecule is CC(C)(CCC(=O)O)NC(=O)[C@H]1C[C@H]1CNC(=O)OCC1c2ccccc2-c2ccccc21. The van der Waals surface area contributed by atoms with Crippen LogP contribution >= 0.6 is 0 Å². The molecule has 2 aliphatic rings. The minimum Gasteiger partial charge on any atom is -0.481 e. The number of rotatable bonds is 9. The van der Waals surface area contributed by atoms with Crippen LogP contribution in [0.2, 0.25) is 0 Å². The van der Waals surface area contributed by atoms with Gasteiger partial charge in [-0.05, 0) is 54.9 Å². The van der Waals surface area contributed by atoms with Crippen LogP contribution in [0.1, 0.15) is 50.2 Å². The lowest BCUT2D eigenvalue weighted by Crippen LogP contribution is -2.45. The molecule has 0 spiro atoms. The number of aliphatic carboxylic acids is 1. The first-order valence-corrected chi connectivity index (χ1v) is 11.4. The Hall–Kier alpha value is -3.35. The molecule has 0 radical (unpaired) electrons. The summed E-state index contributed by atoms with van der Waals surface area (Å²) in [5, 5.41) is 14.6. The van der Waals surface area contributed by atoms with Gasteiger partial charge in [-0.1, -0.05) is 48.5 Å². The third kappa shape index (κ3) is 5.35. The number of hydrogen-bond donors (Lipinski definition) is 3. The fourth-order valence-corrected chi connectivity index (χ4v) is 4.57. The summed E-state index contributed by atoms with van der Waals surface area (Å²) in [6, 6.07) is 16.4. The van der Waals surface area contributed by atoms with Crippen LogP contribution < -0.4 is 10.6 Å². The topological polar surface area (TPSA) is 105 Å². The van der Waals surface area contributed by atoms with Crippen molar-refractivity contribution < 1.29 is 24.2 Å². The number of nitrogens with one attached hydrogen (secondary N) is 2. The minimum atomic E-state index is -0.881. The van der Waals surface area contributed by atoms with E-state index in [2.05, 4.69) is 34.9 Å². The first kappa shape index (κ1) is 22.8. The zero-order valence-corrected chi connectivity index (χ0v) is 19.0. The Bertz CT molecular complexity index is 1020. The number of amides is 2. The number of benzene rings is 2. The molecule has 7 nitrogen and oxygen atoms in total. The lowest BCUT2D eigenvalue weighted by Gasteiger charge is -2.25. The standard InChI is InChI=1S/C26H30N2O5/c1-26(2,12-11-23(29)30)28-24(31)21-13-16(21)14-27-25(32)33-15-22-19-9-5-3-7-17(19)18-8-4-6-10-20(18)22/h3-10,16,21-22H,11-15H2,1-2H3,(H,27,32)(H,28,31)(H,29,30)/t16-,21-/m0/s1. The van der Waals surface area contributed by atoms with Gasteiger partial charge in [0.25, 0.3) is 0 Å². The van der Waals surface area contributed by atoms with Crippen molar-refractivity contribution in [2.24, 2.45) is 11.8 Å². The smallest absolute Gasteiger partial charge is 0.407 e. The Kier molecular flexibility index (Phi) is 6.40. The molecule has 2 amide bonds. The second-order valence-corrected chi connectivity index (χ2v) is 9.58. The normalized spacial score (nSPS) is 18.7. The summed E-state index contributed by atoms with van der Waals surface area (Å²) in [6.45, 7) is 4.27. The number of carbonyl (C=O) groups is 3. The summed E-state index contributed by atoms with van der Waals surface area (Å²) >= 11 is 0. The number of carbonyl (C=O) groups excluding carboxylic acids is 2. The quantitative estimate of drug-likeness (QED) is 0.537.